The SMILES string of the molecule is CS(=O)(=O)Cc1c(Nc2nc(Cl)ncc2Br)ccc2nccnc12. The lowest BCUT2D eigenvalue weighted by atomic mass is 10.1. The number of hydrogen-bond donors (Lipinski definition) is 1. The van der Waals surface area contributed by atoms with Crippen LogP contribution in [0.25, 0.3) is 11.0 Å². The van der Waals surface area contributed by atoms with Crippen molar-refractivity contribution >= 4 is 59.9 Å². The second-order valence-corrected chi connectivity index (χ2v) is 8.38. The Hall–Kier alpha value is -1.84. The number of sulfone groups is 1. The van der Waals surface area contributed by atoms with E-state index in [1.807, 2.05) is 0 Å². The molecule has 0 radical (unpaired) electrons. The standard InChI is InChI=1S/C14H11BrClN5O2S/c1-24(22,23)7-8-10(2-3-11-12(8)18-5-4-17-11)20-13-9(15)6-19-14(16)21-13/h2-6H,7H2,1H3,(H,19,20,21). The molecule has 0 atom stereocenters. The van der Waals surface area contributed by atoms with Crippen molar-refractivity contribution in [2.75, 3.05) is 11.6 Å². The fourth-order valence-electron chi connectivity index (χ4n) is 2.18. The van der Waals surface area contributed by atoms with Crippen molar-refractivity contribution in [1.82, 2.24) is 19.9 Å². The van der Waals surface area contributed by atoms with Gasteiger partial charge in [0.05, 0.1) is 21.3 Å². The lowest BCUT2D eigenvalue weighted by Crippen LogP contribution is -2.07. The predicted molar refractivity (Wildman–Crippen MR) is 96.1 cm³/mol. The molecular weight excluding hydrogens is 418 g/mol. The number of anilines is 2. The zero-order valence-corrected chi connectivity index (χ0v) is 15.5. The minimum absolute atomic E-state index is 0.0749. The van der Waals surface area contributed by atoms with Crippen molar-refractivity contribution in [2.24, 2.45) is 0 Å². The molecule has 0 aliphatic carbocycles. The molecule has 0 unspecified atom stereocenters. The van der Waals surface area contributed by atoms with Crippen molar-refractivity contribution in [3.63, 3.8) is 0 Å². The third-order valence-electron chi connectivity index (χ3n) is 3.12. The van der Waals surface area contributed by atoms with Gasteiger partial charge in [-0.05, 0) is 39.7 Å². The Morgan fingerprint density at radius 3 is 2.71 bits per heavy atom. The molecule has 24 heavy (non-hydrogen) atoms. The van der Waals surface area contributed by atoms with Crippen LogP contribution in [0.1, 0.15) is 5.56 Å². The Balaban J connectivity index is 2.16. The van der Waals surface area contributed by atoms with Crippen LogP contribution >= 0.6 is 27.5 Å². The monoisotopic (exact) mass is 427 g/mol. The molecular formula is C14H11BrClN5O2S. The average molecular weight is 429 g/mol. The molecule has 7 nitrogen and oxygen atoms in total. The molecule has 3 rings (SSSR count). The zero-order chi connectivity index (χ0) is 17.3. The molecule has 0 aliphatic rings. The summed E-state index contributed by atoms with van der Waals surface area (Å²) in [6.45, 7) is 0. The summed E-state index contributed by atoms with van der Waals surface area (Å²) in [5, 5.41) is 3.16. The summed E-state index contributed by atoms with van der Waals surface area (Å²) in [6, 6.07) is 3.49. The third kappa shape index (κ3) is 3.80. The van der Waals surface area contributed by atoms with E-state index in [0.717, 1.165) is 0 Å². The van der Waals surface area contributed by atoms with Crippen molar-refractivity contribution in [2.45, 2.75) is 5.75 Å². The van der Waals surface area contributed by atoms with Gasteiger partial charge in [-0.25, -0.2) is 13.4 Å². The summed E-state index contributed by atoms with van der Waals surface area (Å²) in [4.78, 5) is 16.4. The van der Waals surface area contributed by atoms with Gasteiger partial charge in [0.1, 0.15) is 5.82 Å². The number of benzene rings is 1. The van der Waals surface area contributed by atoms with Crippen LogP contribution in [0.15, 0.2) is 35.2 Å². The largest absolute Gasteiger partial charge is 0.339 e. The highest BCUT2D eigenvalue weighted by molar-refractivity contribution is 9.10. The molecule has 1 aromatic carbocycles. The maximum Gasteiger partial charge on any atom is 0.224 e. The second-order valence-electron chi connectivity index (χ2n) is 5.05. The first kappa shape index (κ1) is 17.0. The summed E-state index contributed by atoms with van der Waals surface area (Å²) >= 11 is 9.15. The van der Waals surface area contributed by atoms with Crippen molar-refractivity contribution in [3.8, 4) is 0 Å². The molecule has 0 saturated carbocycles. The van der Waals surface area contributed by atoms with E-state index >= 15 is 0 Å². The Bertz CT molecular complexity index is 1030. The van der Waals surface area contributed by atoms with E-state index in [0.29, 0.717) is 32.6 Å². The fraction of sp³-hybridized carbons (Fsp3) is 0.143. The first-order valence-corrected chi connectivity index (χ1v) is 9.92. The van der Waals surface area contributed by atoms with Gasteiger partial charge in [-0.3, -0.25) is 9.97 Å². The first-order chi connectivity index (χ1) is 11.3. The fourth-order valence-corrected chi connectivity index (χ4v) is 3.42. The van der Waals surface area contributed by atoms with Crippen LogP contribution in [0.3, 0.4) is 0 Å². The minimum atomic E-state index is -3.28. The van der Waals surface area contributed by atoms with Gasteiger partial charge >= 0.3 is 0 Å². The number of nitrogens with zero attached hydrogens (tertiary/aromatic N) is 4. The van der Waals surface area contributed by atoms with Crippen LogP contribution in [0.5, 0.6) is 0 Å². The molecule has 0 saturated heterocycles. The molecule has 124 valence electrons. The van der Waals surface area contributed by atoms with Crippen LogP contribution < -0.4 is 5.32 Å². The highest BCUT2D eigenvalue weighted by Crippen LogP contribution is 2.30. The smallest absolute Gasteiger partial charge is 0.224 e. The van der Waals surface area contributed by atoms with Gasteiger partial charge in [-0.2, -0.15) is 4.98 Å². The second kappa shape index (κ2) is 6.58. The lowest BCUT2D eigenvalue weighted by Gasteiger charge is -2.14. The summed E-state index contributed by atoms with van der Waals surface area (Å²) < 4.78 is 24.3. The molecule has 0 bridgehead atoms. The normalized spacial score (nSPS) is 11.6. The summed E-state index contributed by atoms with van der Waals surface area (Å²) in [7, 11) is -3.28. The van der Waals surface area contributed by atoms with E-state index in [4.69, 9.17) is 11.6 Å². The van der Waals surface area contributed by atoms with Crippen LogP contribution in [-0.4, -0.2) is 34.6 Å². The molecule has 2 heterocycles. The molecule has 3 aromatic rings. The summed E-state index contributed by atoms with van der Waals surface area (Å²) in [5.41, 5.74) is 2.21. The van der Waals surface area contributed by atoms with Crippen LogP contribution in [0, 0.1) is 0 Å². The molecule has 2 aromatic heterocycles. The van der Waals surface area contributed by atoms with E-state index in [2.05, 4.69) is 41.2 Å². The zero-order valence-electron chi connectivity index (χ0n) is 12.4. The number of fused-ring (bicyclic) bond motifs is 1. The first-order valence-electron chi connectivity index (χ1n) is 6.69. The van der Waals surface area contributed by atoms with Crippen molar-refractivity contribution in [3.05, 3.63) is 46.0 Å². The van der Waals surface area contributed by atoms with Gasteiger partial charge in [-0.15, -0.1) is 0 Å². The van der Waals surface area contributed by atoms with Crippen LogP contribution in [0.2, 0.25) is 5.28 Å². The van der Waals surface area contributed by atoms with Crippen LogP contribution in [-0.2, 0) is 15.6 Å². The van der Waals surface area contributed by atoms with Gasteiger partial charge in [-0.1, -0.05) is 0 Å². The lowest BCUT2D eigenvalue weighted by molar-refractivity contribution is 0.601. The maximum absolute atomic E-state index is 11.8. The van der Waals surface area contributed by atoms with Gasteiger partial charge in [0.25, 0.3) is 0 Å². The Kier molecular flexibility index (Phi) is 4.66. The van der Waals surface area contributed by atoms with Gasteiger partial charge in [0.15, 0.2) is 9.84 Å². The van der Waals surface area contributed by atoms with Crippen LogP contribution in [0.4, 0.5) is 11.5 Å². The summed E-state index contributed by atoms with van der Waals surface area (Å²) in [6.07, 6.45) is 5.76. The molecule has 0 fully saturated rings. The van der Waals surface area contributed by atoms with E-state index in [1.165, 1.54) is 18.6 Å². The molecule has 0 aliphatic heterocycles. The minimum Gasteiger partial charge on any atom is -0.339 e. The highest BCUT2D eigenvalue weighted by Gasteiger charge is 2.16. The topological polar surface area (TPSA) is 97.7 Å². The molecule has 0 amide bonds. The number of halogens is 2. The highest BCUT2D eigenvalue weighted by atomic mass is 79.9. The number of hydrogen-bond acceptors (Lipinski definition) is 7. The Morgan fingerprint density at radius 2 is 1.96 bits per heavy atom. The maximum atomic E-state index is 11.8. The van der Waals surface area contributed by atoms with Gasteiger partial charge < -0.3 is 5.32 Å². The van der Waals surface area contributed by atoms with Crippen molar-refractivity contribution < 1.29 is 8.42 Å². The number of nitrogens with one attached hydrogen (secondary N) is 1. The predicted octanol–water partition coefficient (Wildman–Crippen LogP) is 3.12. The van der Waals surface area contributed by atoms with E-state index in [1.54, 1.807) is 18.3 Å². The average Bonchev–Trinajstić information content (AvgIpc) is 2.52. The third-order valence-corrected chi connectivity index (χ3v) is 4.70. The van der Waals surface area contributed by atoms with E-state index in [9.17, 15) is 8.42 Å². The Morgan fingerprint density at radius 1 is 1.21 bits per heavy atom. The molecule has 10 heteroatoms. The number of aromatic nitrogens is 4. The van der Waals surface area contributed by atoms with Gasteiger partial charge in [0, 0.05) is 36.1 Å². The van der Waals surface area contributed by atoms with Gasteiger partial charge in [0.2, 0.25) is 5.28 Å². The number of rotatable bonds is 4. The van der Waals surface area contributed by atoms with Crippen molar-refractivity contribution in [1.29, 1.82) is 0 Å². The summed E-state index contributed by atoms with van der Waals surface area (Å²) in [5.74, 6) is 0.245. The molecule has 0 spiro atoms. The molecule has 1 N–H and O–H groups in total. The quantitative estimate of drug-likeness (QED) is 0.637. The van der Waals surface area contributed by atoms with E-state index in [-0.39, 0.29) is 11.0 Å². The van der Waals surface area contributed by atoms with E-state index < -0.39 is 9.84 Å². The Labute approximate surface area is 151 Å².